The van der Waals surface area contributed by atoms with Gasteiger partial charge in [-0.1, -0.05) is 18.2 Å². The van der Waals surface area contributed by atoms with E-state index >= 15 is 0 Å². The van der Waals surface area contributed by atoms with E-state index in [2.05, 4.69) is 20.5 Å². The molecule has 4 N–H and O–H groups in total. The lowest BCUT2D eigenvalue weighted by molar-refractivity contribution is 0.0227. The van der Waals surface area contributed by atoms with E-state index in [1.807, 2.05) is 18.2 Å². The Hall–Kier alpha value is -3.19. The summed E-state index contributed by atoms with van der Waals surface area (Å²) >= 11 is 0. The number of para-hydroxylation sites is 1. The first-order valence-electron chi connectivity index (χ1n) is 8.85. The molecule has 7 heteroatoms. The van der Waals surface area contributed by atoms with Gasteiger partial charge in [0, 0.05) is 11.8 Å². The highest BCUT2D eigenvalue weighted by Crippen LogP contribution is 2.37. The molecule has 138 valence electrons. The number of phenolic OH excluding ortho intramolecular Hbond substituents is 1. The maximum Gasteiger partial charge on any atom is 0.269 e. The zero-order chi connectivity index (χ0) is 18.8. The number of aliphatic hydroxyl groups excluding tert-OH is 1. The summed E-state index contributed by atoms with van der Waals surface area (Å²) in [6.07, 6.45) is 2.63. The van der Waals surface area contributed by atoms with E-state index in [1.54, 1.807) is 36.5 Å². The van der Waals surface area contributed by atoms with Crippen LogP contribution in [0.3, 0.4) is 0 Å². The number of aromatic amines is 1. The van der Waals surface area contributed by atoms with Crippen molar-refractivity contribution in [2.45, 2.75) is 25.0 Å². The lowest BCUT2D eigenvalue weighted by atomic mass is 9.76. The minimum absolute atomic E-state index is 0.103. The van der Waals surface area contributed by atoms with E-state index in [1.165, 1.54) is 0 Å². The van der Waals surface area contributed by atoms with Crippen LogP contribution in [0.4, 0.5) is 0 Å². The van der Waals surface area contributed by atoms with Crippen molar-refractivity contribution in [2.75, 3.05) is 0 Å². The first kappa shape index (κ1) is 17.2. The third-order valence-electron chi connectivity index (χ3n) is 4.92. The molecule has 0 radical (unpaired) electrons. The van der Waals surface area contributed by atoms with Crippen LogP contribution in [0.5, 0.6) is 5.75 Å². The number of rotatable bonds is 5. The number of amides is 1. The van der Waals surface area contributed by atoms with Crippen molar-refractivity contribution in [1.82, 2.24) is 20.5 Å². The van der Waals surface area contributed by atoms with Gasteiger partial charge in [0.2, 0.25) is 0 Å². The molecular weight excluding hydrogens is 344 g/mol. The molecule has 7 nitrogen and oxygen atoms in total. The van der Waals surface area contributed by atoms with Crippen molar-refractivity contribution in [1.29, 1.82) is 0 Å². The number of phenols is 1. The van der Waals surface area contributed by atoms with Crippen LogP contribution in [0.25, 0.3) is 11.3 Å². The number of carbonyl (C=O) groups excluding carboxylic acids is 1. The van der Waals surface area contributed by atoms with Crippen LogP contribution in [0.15, 0.2) is 54.7 Å². The highest BCUT2D eigenvalue weighted by atomic mass is 16.3. The summed E-state index contributed by atoms with van der Waals surface area (Å²) < 4.78 is 0. The standard InChI is InChI=1S/C20H20N4O3/c25-13-9-12(10-13)19(15-6-3-4-8-21-15)22-20(27)17-11-16(23-24-17)14-5-1-2-7-18(14)26/h1-8,11-13,19,25-26H,9-10H2,(H,22,27)(H,23,24). The lowest BCUT2D eigenvalue weighted by Crippen LogP contribution is -2.41. The van der Waals surface area contributed by atoms with E-state index in [9.17, 15) is 15.0 Å². The zero-order valence-corrected chi connectivity index (χ0v) is 14.5. The van der Waals surface area contributed by atoms with Gasteiger partial charge in [0.1, 0.15) is 11.4 Å². The Morgan fingerprint density at radius 1 is 1.19 bits per heavy atom. The minimum Gasteiger partial charge on any atom is -0.507 e. The number of aliphatic hydroxyl groups is 1. The van der Waals surface area contributed by atoms with E-state index < -0.39 is 0 Å². The van der Waals surface area contributed by atoms with E-state index in [0.29, 0.717) is 29.8 Å². The molecule has 27 heavy (non-hydrogen) atoms. The second kappa shape index (κ2) is 7.20. The average Bonchev–Trinajstić information content (AvgIpc) is 3.15. The molecule has 1 aliphatic carbocycles. The van der Waals surface area contributed by atoms with Gasteiger partial charge in [-0.25, -0.2) is 0 Å². The van der Waals surface area contributed by atoms with E-state index in [-0.39, 0.29) is 29.7 Å². The summed E-state index contributed by atoms with van der Waals surface area (Å²) in [6.45, 7) is 0. The molecule has 1 aromatic carbocycles. The zero-order valence-electron chi connectivity index (χ0n) is 14.5. The number of aromatic nitrogens is 3. The minimum atomic E-state index is -0.321. The van der Waals surface area contributed by atoms with Gasteiger partial charge >= 0.3 is 0 Å². The van der Waals surface area contributed by atoms with Crippen LogP contribution < -0.4 is 5.32 Å². The molecular formula is C20H20N4O3. The summed E-state index contributed by atoms with van der Waals surface area (Å²) in [5, 5.41) is 29.5. The maximum atomic E-state index is 12.7. The van der Waals surface area contributed by atoms with Crippen LogP contribution in [0.2, 0.25) is 0 Å². The molecule has 2 heterocycles. The smallest absolute Gasteiger partial charge is 0.269 e. The second-order valence-corrected chi connectivity index (χ2v) is 6.78. The highest BCUT2D eigenvalue weighted by molar-refractivity contribution is 5.93. The molecule has 1 unspecified atom stereocenters. The van der Waals surface area contributed by atoms with Crippen molar-refractivity contribution < 1.29 is 15.0 Å². The summed E-state index contributed by atoms with van der Waals surface area (Å²) in [7, 11) is 0. The lowest BCUT2D eigenvalue weighted by Gasteiger charge is -2.37. The maximum absolute atomic E-state index is 12.7. The summed E-state index contributed by atoms with van der Waals surface area (Å²) in [5.41, 5.74) is 2.11. The number of nitrogens with zero attached hydrogens (tertiary/aromatic N) is 2. The van der Waals surface area contributed by atoms with Crippen molar-refractivity contribution in [3.63, 3.8) is 0 Å². The quantitative estimate of drug-likeness (QED) is 0.556. The predicted octanol–water partition coefficient (Wildman–Crippen LogP) is 2.42. The number of hydrogen-bond acceptors (Lipinski definition) is 5. The Balaban J connectivity index is 1.54. The molecule has 1 amide bonds. The van der Waals surface area contributed by atoms with Crippen LogP contribution >= 0.6 is 0 Å². The number of carbonyl (C=O) groups is 1. The van der Waals surface area contributed by atoms with Crippen LogP contribution in [-0.2, 0) is 0 Å². The van der Waals surface area contributed by atoms with Gasteiger partial charge in [-0.05, 0) is 49.1 Å². The van der Waals surface area contributed by atoms with Gasteiger partial charge in [-0.3, -0.25) is 14.9 Å². The van der Waals surface area contributed by atoms with Crippen LogP contribution in [0, 0.1) is 5.92 Å². The third-order valence-corrected chi connectivity index (χ3v) is 4.92. The predicted molar refractivity (Wildman–Crippen MR) is 98.9 cm³/mol. The SMILES string of the molecule is O=C(NC(c1ccccn1)C1CC(O)C1)c1cc(-c2ccccc2O)n[nH]1. The summed E-state index contributed by atoms with van der Waals surface area (Å²) in [4.78, 5) is 17.1. The highest BCUT2D eigenvalue weighted by Gasteiger charge is 2.36. The number of hydrogen-bond donors (Lipinski definition) is 4. The molecule has 0 saturated heterocycles. The van der Waals surface area contributed by atoms with E-state index in [0.717, 1.165) is 5.69 Å². The molecule has 1 fully saturated rings. The molecule has 1 atom stereocenters. The van der Waals surface area contributed by atoms with Crippen molar-refractivity contribution in [3.8, 4) is 17.0 Å². The number of aromatic hydroxyl groups is 1. The first-order valence-corrected chi connectivity index (χ1v) is 8.85. The van der Waals surface area contributed by atoms with Crippen LogP contribution in [0.1, 0.15) is 35.1 Å². The van der Waals surface area contributed by atoms with Crippen molar-refractivity contribution in [2.24, 2.45) is 5.92 Å². The monoisotopic (exact) mass is 364 g/mol. The average molecular weight is 364 g/mol. The Kier molecular flexibility index (Phi) is 4.60. The molecule has 0 aliphatic heterocycles. The molecule has 2 aromatic heterocycles. The van der Waals surface area contributed by atoms with Gasteiger partial charge in [0.05, 0.1) is 23.5 Å². The Morgan fingerprint density at radius 3 is 2.67 bits per heavy atom. The largest absolute Gasteiger partial charge is 0.507 e. The number of benzene rings is 1. The first-order chi connectivity index (χ1) is 13.1. The van der Waals surface area contributed by atoms with Crippen molar-refractivity contribution in [3.05, 3.63) is 66.1 Å². The van der Waals surface area contributed by atoms with E-state index in [4.69, 9.17) is 0 Å². The fourth-order valence-electron chi connectivity index (χ4n) is 3.38. The fraction of sp³-hybridized carbons (Fsp3) is 0.250. The summed E-state index contributed by atoms with van der Waals surface area (Å²) in [6, 6.07) is 13.7. The molecule has 1 aliphatic rings. The molecule has 0 spiro atoms. The topological polar surface area (TPSA) is 111 Å². The number of H-pyrrole nitrogens is 1. The van der Waals surface area contributed by atoms with Gasteiger partial charge < -0.3 is 15.5 Å². The molecule has 4 rings (SSSR count). The van der Waals surface area contributed by atoms with Crippen LogP contribution in [-0.4, -0.2) is 37.4 Å². The Bertz CT molecular complexity index is 935. The Morgan fingerprint density at radius 2 is 1.96 bits per heavy atom. The number of nitrogens with one attached hydrogen (secondary N) is 2. The Labute approximate surface area is 156 Å². The summed E-state index contributed by atoms with van der Waals surface area (Å²) in [5.74, 6) is -0.0635. The van der Waals surface area contributed by atoms with Crippen molar-refractivity contribution >= 4 is 5.91 Å². The molecule has 0 bridgehead atoms. The number of pyridine rings is 1. The van der Waals surface area contributed by atoms with Gasteiger partial charge in [0.25, 0.3) is 5.91 Å². The second-order valence-electron chi connectivity index (χ2n) is 6.78. The van der Waals surface area contributed by atoms with Gasteiger partial charge in [-0.15, -0.1) is 0 Å². The molecule has 1 saturated carbocycles. The molecule has 3 aromatic rings. The fourth-order valence-corrected chi connectivity index (χ4v) is 3.38. The normalized spacial score (nSPS) is 19.9. The third kappa shape index (κ3) is 3.54. The van der Waals surface area contributed by atoms with Gasteiger partial charge in [0.15, 0.2) is 0 Å². The van der Waals surface area contributed by atoms with Gasteiger partial charge in [-0.2, -0.15) is 5.10 Å².